The lowest BCUT2D eigenvalue weighted by atomic mass is 10.0. The molecule has 0 unspecified atom stereocenters. The molecular formula is C24H31N7. The molecular weight excluding hydrogens is 386 g/mol. The summed E-state index contributed by atoms with van der Waals surface area (Å²) in [6.45, 7) is 8.53. The molecule has 1 saturated carbocycles. The molecule has 7 nitrogen and oxygen atoms in total. The minimum atomic E-state index is 0.718. The van der Waals surface area contributed by atoms with Gasteiger partial charge < -0.3 is 5.32 Å². The lowest BCUT2D eigenvalue weighted by molar-refractivity contribution is 0.288. The molecule has 1 aliphatic carbocycles. The number of nitrogens with one attached hydrogen (secondary N) is 1. The quantitative estimate of drug-likeness (QED) is 0.662. The Labute approximate surface area is 183 Å². The van der Waals surface area contributed by atoms with Crippen LogP contribution in [0.3, 0.4) is 0 Å². The van der Waals surface area contributed by atoms with E-state index in [1.54, 1.807) is 0 Å². The molecule has 1 saturated heterocycles. The van der Waals surface area contributed by atoms with E-state index in [0.29, 0.717) is 0 Å². The molecule has 162 valence electrons. The van der Waals surface area contributed by atoms with E-state index >= 15 is 0 Å². The average Bonchev–Trinajstić information content (AvgIpc) is 3.41. The number of anilines is 1. The van der Waals surface area contributed by atoms with Gasteiger partial charge in [0.2, 0.25) is 0 Å². The molecule has 31 heavy (non-hydrogen) atoms. The highest BCUT2D eigenvalue weighted by molar-refractivity contribution is 5.61. The van der Waals surface area contributed by atoms with Gasteiger partial charge in [-0.05, 0) is 68.2 Å². The van der Waals surface area contributed by atoms with E-state index in [1.807, 2.05) is 49.2 Å². The minimum Gasteiger partial charge on any atom is -0.368 e. The maximum Gasteiger partial charge on any atom is 0.148 e. The van der Waals surface area contributed by atoms with Crippen LogP contribution in [0, 0.1) is 31.6 Å². The van der Waals surface area contributed by atoms with Crippen LogP contribution in [0.25, 0.3) is 11.3 Å². The summed E-state index contributed by atoms with van der Waals surface area (Å²) >= 11 is 0. The van der Waals surface area contributed by atoms with Crippen LogP contribution in [0.4, 0.5) is 5.82 Å². The van der Waals surface area contributed by atoms with Crippen LogP contribution in [0.15, 0.2) is 36.7 Å². The standard InChI is InChI=1S/C24H31N7/c1-16-5-4-8-25-23(16)15-31-12-19-9-18(10-20(19)13-31)11-26-24-7-6-22(27-28-24)21-14-30(3)29-17(21)2/h4-8,14,18-20H,9-13,15H2,1-3H3,(H,26,28)/t18-,19-,20+. The summed E-state index contributed by atoms with van der Waals surface area (Å²) in [5.41, 5.74) is 5.41. The third-order valence-corrected chi connectivity index (χ3v) is 6.94. The zero-order chi connectivity index (χ0) is 21.4. The van der Waals surface area contributed by atoms with Gasteiger partial charge in [0, 0.05) is 51.2 Å². The van der Waals surface area contributed by atoms with Gasteiger partial charge in [-0.25, -0.2) is 0 Å². The second kappa shape index (κ2) is 8.38. The summed E-state index contributed by atoms with van der Waals surface area (Å²) < 4.78 is 1.81. The van der Waals surface area contributed by atoms with Gasteiger partial charge in [0.15, 0.2) is 0 Å². The summed E-state index contributed by atoms with van der Waals surface area (Å²) in [6, 6.07) is 8.24. The predicted octanol–water partition coefficient (Wildman–Crippen LogP) is 3.46. The van der Waals surface area contributed by atoms with Gasteiger partial charge in [0.25, 0.3) is 0 Å². The summed E-state index contributed by atoms with van der Waals surface area (Å²) in [7, 11) is 1.93. The fourth-order valence-electron chi connectivity index (χ4n) is 5.38. The van der Waals surface area contributed by atoms with Crippen molar-refractivity contribution in [1.82, 2.24) is 29.9 Å². The maximum atomic E-state index is 4.58. The number of rotatable bonds is 6. The Morgan fingerprint density at radius 1 is 1.06 bits per heavy atom. The molecule has 0 spiro atoms. The topological polar surface area (TPSA) is 71.8 Å². The van der Waals surface area contributed by atoms with Crippen molar-refractivity contribution in [3.63, 3.8) is 0 Å². The van der Waals surface area contributed by atoms with Crippen LogP contribution in [0.2, 0.25) is 0 Å². The first-order chi connectivity index (χ1) is 15.0. The molecule has 3 aromatic rings. The highest BCUT2D eigenvalue weighted by Gasteiger charge is 2.40. The minimum absolute atomic E-state index is 0.718. The van der Waals surface area contributed by atoms with Crippen LogP contribution < -0.4 is 5.32 Å². The van der Waals surface area contributed by atoms with Crippen LogP contribution >= 0.6 is 0 Å². The van der Waals surface area contributed by atoms with E-state index in [9.17, 15) is 0 Å². The Hall–Kier alpha value is -2.80. The summed E-state index contributed by atoms with van der Waals surface area (Å²) in [6.07, 6.45) is 6.50. The first kappa shape index (κ1) is 20.1. The van der Waals surface area contributed by atoms with Gasteiger partial charge in [-0.3, -0.25) is 14.6 Å². The largest absolute Gasteiger partial charge is 0.368 e. The summed E-state index contributed by atoms with van der Waals surface area (Å²) in [4.78, 5) is 7.17. The molecule has 0 bridgehead atoms. The average molecular weight is 418 g/mol. The molecule has 0 aromatic carbocycles. The Kier molecular flexibility index (Phi) is 5.44. The molecule has 3 aromatic heterocycles. The van der Waals surface area contributed by atoms with Crippen molar-refractivity contribution in [2.75, 3.05) is 25.0 Å². The smallest absolute Gasteiger partial charge is 0.148 e. The van der Waals surface area contributed by atoms with Crippen molar-refractivity contribution < 1.29 is 0 Å². The number of pyridine rings is 1. The number of likely N-dealkylation sites (tertiary alicyclic amines) is 1. The van der Waals surface area contributed by atoms with Gasteiger partial charge in [0.1, 0.15) is 5.82 Å². The van der Waals surface area contributed by atoms with E-state index in [-0.39, 0.29) is 0 Å². The Morgan fingerprint density at radius 3 is 2.52 bits per heavy atom. The molecule has 7 heteroatoms. The second-order valence-electron chi connectivity index (χ2n) is 9.31. The highest BCUT2D eigenvalue weighted by Crippen LogP contribution is 2.42. The molecule has 2 fully saturated rings. The van der Waals surface area contributed by atoms with E-state index in [4.69, 9.17) is 0 Å². The monoisotopic (exact) mass is 417 g/mol. The van der Waals surface area contributed by atoms with Crippen molar-refractivity contribution in [2.24, 2.45) is 24.8 Å². The third-order valence-electron chi connectivity index (χ3n) is 6.94. The fraction of sp³-hybridized carbons (Fsp3) is 0.500. The molecule has 1 N–H and O–H groups in total. The van der Waals surface area contributed by atoms with Crippen LogP contribution in [-0.4, -0.2) is 49.5 Å². The normalized spacial score (nSPS) is 23.3. The van der Waals surface area contributed by atoms with E-state index in [1.165, 1.54) is 37.2 Å². The maximum absolute atomic E-state index is 4.58. The van der Waals surface area contributed by atoms with Gasteiger partial charge in [-0.2, -0.15) is 5.10 Å². The molecule has 5 rings (SSSR count). The lowest BCUT2D eigenvalue weighted by Crippen LogP contribution is -2.24. The predicted molar refractivity (Wildman–Crippen MR) is 121 cm³/mol. The van der Waals surface area contributed by atoms with Gasteiger partial charge in [0.05, 0.1) is 17.1 Å². The molecule has 0 amide bonds. The van der Waals surface area contributed by atoms with E-state index in [2.05, 4.69) is 43.5 Å². The number of aryl methyl sites for hydroxylation is 3. The number of hydrogen-bond acceptors (Lipinski definition) is 6. The zero-order valence-electron chi connectivity index (χ0n) is 18.6. The van der Waals surface area contributed by atoms with Crippen molar-refractivity contribution in [3.05, 3.63) is 53.6 Å². The highest BCUT2D eigenvalue weighted by atomic mass is 15.3. The lowest BCUT2D eigenvalue weighted by Gasteiger charge is -2.19. The van der Waals surface area contributed by atoms with Gasteiger partial charge in [-0.15, -0.1) is 10.2 Å². The Balaban J connectivity index is 1.11. The Morgan fingerprint density at radius 2 is 1.87 bits per heavy atom. The third kappa shape index (κ3) is 4.32. The van der Waals surface area contributed by atoms with Gasteiger partial charge in [-0.1, -0.05) is 6.07 Å². The Bertz CT molecular complexity index is 1030. The van der Waals surface area contributed by atoms with Crippen molar-refractivity contribution in [3.8, 4) is 11.3 Å². The molecule has 2 aliphatic rings. The van der Waals surface area contributed by atoms with E-state index in [0.717, 1.165) is 53.6 Å². The van der Waals surface area contributed by atoms with Crippen molar-refractivity contribution in [2.45, 2.75) is 33.2 Å². The first-order valence-electron chi connectivity index (χ1n) is 11.3. The molecule has 0 radical (unpaired) electrons. The summed E-state index contributed by atoms with van der Waals surface area (Å²) in [5, 5.41) is 16.7. The number of hydrogen-bond donors (Lipinski definition) is 1. The SMILES string of the molecule is Cc1cccnc1CN1C[C@H]2C[C@@H](CNc3ccc(-c4cn(C)nc4C)nn3)C[C@H]2C1. The van der Waals surface area contributed by atoms with Gasteiger partial charge >= 0.3 is 0 Å². The number of fused-ring (bicyclic) bond motifs is 1. The zero-order valence-corrected chi connectivity index (χ0v) is 18.6. The summed E-state index contributed by atoms with van der Waals surface area (Å²) in [5.74, 6) is 3.21. The first-order valence-corrected chi connectivity index (χ1v) is 11.3. The van der Waals surface area contributed by atoms with Crippen LogP contribution in [-0.2, 0) is 13.6 Å². The van der Waals surface area contributed by atoms with Crippen LogP contribution in [0.1, 0.15) is 29.8 Å². The second-order valence-corrected chi connectivity index (χ2v) is 9.31. The van der Waals surface area contributed by atoms with Crippen LogP contribution in [0.5, 0.6) is 0 Å². The number of nitrogens with zero attached hydrogens (tertiary/aromatic N) is 6. The van der Waals surface area contributed by atoms with Crippen molar-refractivity contribution >= 4 is 5.82 Å². The molecule has 1 aliphatic heterocycles. The van der Waals surface area contributed by atoms with E-state index < -0.39 is 0 Å². The fourth-order valence-corrected chi connectivity index (χ4v) is 5.38. The molecule has 4 heterocycles. The van der Waals surface area contributed by atoms with Crippen molar-refractivity contribution in [1.29, 1.82) is 0 Å². The number of aromatic nitrogens is 5. The molecule has 3 atom stereocenters.